The van der Waals surface area contributed by atoms with Gasteiger partial charge in [-0.2, -0.15) is 5.26 Å². The van der Waals surface area contributed by atoms with E-state index < -0.39 is 11.9 Å². The Bertz CT molecular complexity index is 2070. The minimum atomic E-state index is -0.697. The average molecular weight is 682 g/mol. The monoisotopic (exact) mass is 680 g/mol. The SMILES string of the molecule is COc1cc(C2C(C#N)=C(N)Oc3cc(OC(=O)c4sc5cc(Cl)cc(Cl)c5c4Cl)ccc32)ccc1OCc1ccccc1F. The van der Waals surface area contributed by atoms with Gasteiger partial charge in [0, 0.05) is 32.3 Å². The Hall–Kier alpha value is -4.46. The molecule has 0 spiro atoms. The molecule has 2 heterocycles. The second kappa shape index (κ2) is 12.5. The zero-order valence-electron chi connectivity index (χ0n) is 23.2. The minimum Gasteiger partial charge on any atom is -0.493 e. The summed E-state index contributed by atoms with van der Waals surface area (Å²) in [6.45, 7) is -0.00618. The molecular formula is C33H20Cl3FN2O5S. The Labute approximate surface area is 275 Å². The molecule has 1 aliphatic heterocycles. The molecule has 1 unspecified atom stereocenters. The highest BCUT2D eigenvalue weighted by Crippen LogP contribution is 2.46. The molecule has 1 atom stereocenters. The van der Waals surface area contributed by atoms with Crippen molar-refractivity contribution in [3.8, 4) is 29.1 Å². The Kier molecular flexibility index (Phi) is 8.49. The number of fused-ring (bicyclic) bond motifs is 2. The van der Waals surface area contributed by atoms with Crippen LogP contribution in [0.5, 0.6) is 23.0 Å². The highest BCUT2D eigenvalue weighted by Gasteiger charge is 2.32. The zero-order chi connectivity index (χ0) is 31.8. The maximum atomic E-state index is 14.1. The molecular weight excluding hydrogens is 662 g/mol. The number of ether oxygens (including phenoxy) is 4. The van der Waals surface area contributed by atoms with E-state index in [-0.39, 0.29) is 45.3 Å². The normalized spacial score (nSPS) is 14.0. The lowest BCUT2D eigenvalue weighted by atomic mass is 9.83. The summed E-state index contributed by atoms with van der Waals surface area (Å²) >= 11 is 20.0. The number of nitriles is 1. The lowest BCUT2D eigenvalue weighted by Crippen LogP contribution is -2.21. The van der Waals surface area contributed by atoms with E-state index in [4.69, 9.17) is 59.5 Å². The molecule has 1 aliphatic rings. The first-order valence-corrected chi connectivity index (χ1v) is 15.2. The van der Waals surface area contributed by atoms with E-state index in [2.05, 4.69) is 6.07 Å². The summed E-state index contributed by atoms with van der Waals surface area (Å²) in [5.74, 6) is -0.595. The molecule has 0 saturated heterocycles. The number of nitrogens with zero attached hydrogens (tertiary/aromatic N) is 1. The largest absolute Gasteiger partial charge is 0.493 e. The third-order valence-electron chi connectivity index (χ3n) is 7.10. The predicted octanol–water partition coefficient (Wildman–Crippen LogP) is 9.03. The topological polar surface area (TPSA) is 104 Å². The van der Waals surface area contributed by atoms with Crippen LogP contribution in [-0.4, -0.2) is 13.1 Å². The van der Waals surface area contributed by atoms with Crippen LogP contribution >= 0.6 is 46.1 Å². The molecule has 0 radical (unpaired) electrons. The fourth-order valence-corrected chi connectivity index (χ4v) is 7.24. The molecule has 0 amide bonds. The van der Waals surface area contributed by atoms with E-state index in [0.29, 0.717) is 48.3 Å². The fourth-order valence-electron chi connectivity index (χ4n) is 4.99. The van der Waals surface area contributed by atoms with Gasteiger partial charge in [-0.25, -0.2) is 9.18 Å². The van der Waals surface area contributed by atoms with Crippen LogP contribution in [0.4, 0.5) is 4.39 Å². The second-order valence-corrected chi connectivity index (χ2v) is 12.1. The first kappa shape index (κ1) is 30.6. The Morgan fingerprint density at radius 1 is 1.07 bits per heavy atom. The van der Waals surface area contributed by atoms with Gasteiger partial charge in [-0.3, -0.25) is 0 Å². The Balaban J connectivity index is 1.29. The number of esters is 1. The lowest BCUT2D eigenvalue weighted by molar-refractivity contribution is 0.0740. The Morgan fingerprint density at radius 3 is 2.62 bits per heavy atom. The second-order valence-electron chi connectivity index (χ2n) is 9.81. The van der Waals surface area contributed by atoms with Crippen molar-refractivity contribution in [1.29, 1.82) is 5.26 Å². The van der Waals surface area contributed by atoms with Crippen molar-refractivity contribution in [2.45, 2.75) is 12.5 Å². The molecule has 0 bridgehead atoms. The zero-order valence-corrected chi connectivity index (χ0v) is 26.3. The number of rotatable bonds is 7. The van der Waals surface area contributed by atoms with Crippen LogP contribution in [0.2, 0.25) is 15.1 Å². The molecule has 7 nitrogen and oxygen atoms in total. The van der Waals surface area contributed by atoms with Gasteiger partial charge in [0.1, 0.15) is 40.4 Å². The summed E-state index contributed by atoms with van der Waals surface area (Å²) < 4.78 is 37.6. The van der Waals surface area contributed by atoms with E-state index in [1.54, 1.807) is 60.7 Å². The summed E-state index contributed by atoms with van der Waals surface area (Å²) in [5.41, 5.74) is 8.02. The van der Waals surface area contributed by atoms with Crippen molar-refractivity contribution in [3.63, 3.8) is 0 Å². The van der Waals surface area contributed by atoms with Crippen molar-refractivity contribution in [2.75, 3.05) is 7.11 Å². The summed E-state index contributed by atoms with van der Waals surface area (Å²) in [6.07, 6.45) is 0. The van der Waals surface area contributed by atoms with E-state index in [1.807, 2.05) is 0 Å². The van der Waals surface area contributed by atoms with Gasteiger partial charge in [-0.15, -0.1) is 11.3 Å². The minimum absolute atomic E-state index is 0.00618. The van der Waals surface area contributed by atoms with Gasteiger partial charge < -0.3 is 24.7 Å². The van der Waals surface area contributed by atoms with Crippen LogP contribution in [0.1, 0.15) is 32.3 Å². The predicted molar refractivity (Wildman–Crippen MR) is 171 cm³/mol. The molecule has 4 aromatic carbocycles. The number of hydrogen-bond donors (Lipinski definition) is 1. The molecule has 5 aromatic rings. The van der Waals surface area contributed by atoms with E-state index in [9.17, 15) is 14.4 Å². The van der Waals surface area contributed by atoms with E-state index in [1.165, 1.54) is 19.2 Å². The molecule has 226 valence electrons. The van der Waals surface area contributed by atoms with Crippen molar-refractivity contribution >= 4 is 62.2 Å². The van der Waals surface area contributed by atoms with E-state index >= 15 is 0 Å². The molecule has 12 heteroatoms. The first-order valence-electron chi connectivity index (χ1n) is 13.2. The smallest absolute Gasteiger partial charge is 0.355 e. The van der Waals surface area contributed by atoms with Crippen LogP contribution in [0.3, 0.4) is 0 Å². The number of methoxy groups -OCH3 is 1. The number of benzene rings is 4. The number of allylic oxidation sites excluding steroid dienone is 1. The number of thiophene rings is 1. The number of hydrogen-bond acceptors (Lipinski definition) is 8. The van der Waals surface area contributed by atoms with Crippen LogP contribution in [0, 0.1) is 17.1 Å². The average Bonchev–Trinajstić information content (AvgIpc) is 3.36. The standard InChI is InChI=1S/C33H20Cl3FN2O5S/c1-41-26-10-16(6-9-24(26)42-15-17-4-2-3-5-23(17)37)28-20-8-7-19(13-25(20)44-32(39)21(28)14-38)43-33(40)31-30(36)29-22(35)11-18(34)12-27(29)45-31/h2-13,28H,15,39H2,1H3. The number of carbonyl (C=O) groups excluding carboxylic acids is 1. The summed E-state index contributed by atoms with van der Waals surface area (Å²) in [4.78, 5) is 13.3. The van der Waals surface area contributed by atoms with Crippen LogP contribution < -0.4 is 24.7 Å². The van der Waals surface area contributed by atoms with Gasteiger partial charge >= 0.3 is 5.97 Å². The molecule has 6 rings (SSSR count). The summed E-state index contributed by atoms with van der Waals surface area (Å²) in [7, 11) is 1.48. The number of carbonyl (C=O) groups is 1. The van der Waals surface area contributed by atoms with Gasteiger partial charge in [0.2, 0.25) is 5.88 Å². The third-order valence-corrected chi connectivity index (χ3v) is 9.22. The van der Waals surface area contributed by atoms with Gasteiger partial charge in [0.05, 0.1) is 23.1 Å². The summed E-state index contributed by atoms with van der Waals surface area (Å²) in [6, 6.07) is 21.6. The number of halogens is 4. The molecule has 0 aliphatic carbocycles. The van der Waals surface area contributed by atoms with Crippen LogP contribution in [0.15, 0.2) is 84.3 Å². The van der Waals surface area contributed by atoms with Crippen molar-refractivity contribution < 1.29 is 28.1 Å². The van der Waals surface area contributed by atoms with E-state index in [0.717, 1.165) is 11.3 Å². The van der Waals surface area contributed by atoms with Crippen LogP contribution in [-0.2, 0) is 6.61 Å². The highest BCUT2D eigenvalue weighted by molar-refractivity contribution is 7.21. The molecule has 0 fully saturated rings. The van der Waals surface area contributed by atoms with Gasteiger partial charge in [-0.05, 0) is 42.0 Å². The first-order chi connectivity index (χ1) is 21.7. The highest BCUT2D eigenvalue weighted by atomic mass is 35.5. The molecule has 0 saturated carbocycles. The maximum absolute atomic E-state index is 14.1. The molecule has 45 heavy (non-hydrogen) atoms. The Morgan fingerprint density at radius 2 is 1.87 bits per heavy atom. The van der Waals surface area contributed by atoms with Gasteiger partial charge in [0.25, 0.3) is 0 Å². The van der Waals surface area contributed by atoms with Crippen molar-refractivity contribution in [2.24, 2.45) is 5.73 Å². The van der Waals surface area contributed by atoms with Crippen molar-refractivity contribution in [1.82, 2.24) is 0 Å². The van der Waals surface area contributed by atoms with Crippen molar-refractivity contribution in [3.05, 3.63) is 127 Å². The third kappa shape index (κ3) is 5.86. The quantitative estimate of drug-likeness (QED) is 0.135. The van der Waals surface area contributed by atoms with Gasteiger partial charge in [0.15, 0.2) is 11.5 Å². The summed E-state index contributed by atoms with van der Waals surface area (Å²) in [5, 5.41) is 11.4. The number of nitrogens with two attached hydrogens (primary N) is 1. The maximum Gasteiger partial charge on any atom is 0.355 e. The lowest BCUT2D eigenvalue weighted by Gasteiger charge is -2.27. The fraction of sp³-hybridized carbons (Fsp3) is 0.0909. The molecule has 2 N–H and O–H groups in total. The van der Waals surface area contributed by atoms with Gasteiger partial charge in [-0.1, -0.05) is 65.1 Å². The van der Waals surface area contributed by atoms with Crippen LogP contribution in [0.25, 0.3) is 10.1 Å². The molecule has 1 aromatic heterocycles.